The highest BCUT2D eigenvalue weighted by molar-refractivity contribution is 5.79. The van der Waals surface area contributed by atoms with Gasteiger partial charge in [0.1, 0.15) is 5.75 Å². The molecule has 0 aliphatic carbocycles. The van der Waals surface area contributed by atoms with Crippen LogP contribution in [-0.4, -0.2) is 32.1 Å². The first-order chi connectivity index (χ1) is 8.69. The summed E-state index contributed by atoms with van der Waals surface area (Å²) in [5, 5.41) is 6.35. The van der Waals surface area contributed by atoms with Crippen molar-refractivity contribution in [2.24, 2.45) is 5.92 Å². The molecule has 1 aliphatic heterocycles. The highest BCUT2D eigenvalue weighted by Gasteiger charge is 2.24. The van der Waals surface area contributed by atoms with Crippen LogP contribution in [0.5, 0.6) is 5.75 Å². The molecule has 2 unspecified atom stereocenters. The molecule has 1 aromatic carbocycles. The van der Waals surface area contributed by atoms with E-state index in [9.17, 15) is 4.79 Å². The van der Waals surface area contributed by atoms with Gasteiger partial charge in [0.05, 0.1) is 13.5 Å². The van der Waals surface area contributed by atoms with Crippen molar-refractivity contribution < 1.29 is 9.53 Å². The number of methoxy groups -OCH3 is 1. The molecule has 2 atom stereocenters. The van der Waals surface area contributed by atoms with Gasteiger partial charge < -0.3 is 15.4 Å². The second-order valence-corrected chi connectivity index (χ2v) is 4.83. The zero-order valence-corrected chi connectivity index (χ0v) is 10.9. The largest absolute Gasteiger partial charge is 0.497 e. The maximum absolute atomic E-state index is 11.9. The molecule has 4 nitrogen and oxygen atoms in total. The second-order valence-electron chi connectivity index (χ2n) is 4.83. The van der Waals surface area contributed by atoms with E-state index in [4.69, 9.17) is 4.74 Å². The molecule has 0 aromatic heterocycles. The summed E-state index contributed by atoms with van der Waals surface area (Å²) in [6.45, 7) is 4.00. The summed E-state index contributed by atoms with van der Waals surface area (Å²) in [5.41, 5.74) is 1.01. The number of rotatable bonds is 4. The Kier molecular flexibility index (Phi) is 4.20. The highest BCUT2D eigenvalue weighted by atomic mass is 16.5. The summed E-state index contributed by atoms with van der Waals surface area (Å²) in [5.74, 6) is 1.40. The van der Waals surface area contributed by atoms with E-state index < -0.39 is 0 Å². The van der Waals surface area contributed by atoms with Crippen LogP contribution in [0, 0.1) is 5.92 Å². The molecule has 2 N–H and O–H groups in total. The van der Waals surface area contributed by atoms with Crippen molar-refractivity contribution in [3.63, 3.8) is 0 Å². The average Bonchev–Trinajstić information content (AvgIpc) is 2.76. The Bertz CT molecular complexity index is 403. The van der Waals surface area contributed by atoms with E-state index in [0.29, 0.717) is 12.3 Å². The fourth-order valence-corrected chi connectivity index (χ4v) is 2.19. The Labute approximate surface area is 108 Å². The minimum absolute atomic E-state index is 0.0840. The first-order valence-electron chi connectivity index (χ1n) is 6.32. The van der Waals surface area contributed by atoms with Crippen molar-refractivity contribution in [1.29, 1.82) is 0 Å². The molecule has 0 spiro atoms. The number of carbonyl (C=O) groups excluding carboxylic acids is 1. The second kappa shape index (κ2) is 5.87. The number of hydrogen-bond acceptors (Lipinski definition) is 3. The number of amides is 1. The van der Waals surface area contributed by atoms with Crippen molar-refractivity contribution in [2.75, 3.05) is 20.2 Å². The quantitative estimate of drug-likeness (QED) is 0.834. The van der Waals surface area contributed by atoms with Gasteiger partial charge in [-0.15, -0.1) is 0 Å². The number of nitrogens with one attached hydrogen (secondary N) is 2. The van der Waals surface area contributed by atoms with Crippen LogP contribution in [-0.2, 0) is 11.2 Å². The summed E-state index contributed by atoms with van der Waals surface area (Å²) in [4.78, 5) is 11.9. The predicted molar refractivity (Wildman–Crippen MR) is 70.7 cm³/mol. The molecule has 1 aromatic rings. The van der Waals surface area contributed by atoms with E-state index in [1.807, 2.05) is 24.3 Å². The monoisotopic (exact) mass is 248 g/mol. The summed E-state index contributed by atoms with van der Waals surface area (Å²) in [6.07, 6.45) is 0.424. The molecule has 4 heteroatoms. The van der Waals surface area contributed by atoms with Crippen molar-refractivity contribution in [3.8, 4) is 5.75 Å². The maximum Gasteiger partial charge on any atom is 0.224 e. The highest BCUT2D eigenvalue weighted by Crippen LogP contribution is 2.12. The van der Waals surface area contributed by atoms with Crippen LogP contribution < -0.4 is 15.4 Å². The van der Waals surface area contributed by atoms with Gasteiger partial charge in [-0.2, -0.15) is 0 Å². The Morgan fingerprint density at radius 1 is 1.39 bits per heavy atom. The van der Waals surface area contributed by atoms with Gasteiger partial charge in [0.2, 0.25) is 5.91 Å². The lowest BCUT2D eigenvalue weighted by Gasteiger charge is -2.16. The lowest BCUT2D eigenvalue weighted by Crippen LogP contribution is -2.40. The van der Waals surface area contributed by atoms with Gasteiger partial charge in [-0.25, -0.2) is 0 Å². The average molecular weight is 248 g/mol. The third kappa shape index (κ3) is 3.23. The molecule has 2 rings (SSSR count). The number of benzene rings is 1. The first kappa shape index (κ1) is 12.9. The summed E-state index contributed by atoms with van der Waals surface area (Å²) >= 11 is 0. The van der Waals surface area contributed by atoms with Crippen LogP contribution in [0.25, 0.3) is 0 Å². The fraction of sp³-hybridized carbons (Fsp3) is 0.500. The summed E-state index contributed by atoms with van der Waals surface area (Å²) in [6, 6.07) is 7.87. The standard InChI is InChI=1S/C14H20N2O2/c1-10-8-15-9-13(10)16-14(17)7-11-3-5-12(18-2)6-4-11/h3-6,10,13,15H,7-9H2,1-2H3,(H,16,17). The van der Waals surface area contributed by atoms with E-state index in [0.717, 1.165) is 24.4 Å². The minimum atomic E-state index is 0.0840. The van der Waals surface area contributed by atoms with Crippen molar-refractivity contribution in [1.82, 2.24) is 10.6 Å². The van der Waals surface area contributed by atoms with Crippen LogP contribution in [0.2, 0.25) is 0 Å². The van der Waals surface area contributed by atoms with E-state index in [2.05, 4.69) is 17.6 Å². The predicted octanol–water partition coefficient (Wildman–Crippen LogP) is 0.962. The molecule has 1 fully saturated rings. The Balaban J connectivity index is 1.86. The first-order valence-corrected chi connectivity index (χ1v) is 6.32. The zero-order valence-electron chi connectivity index (χ0n) is 10.9. The van der Waals surface area contributed by atoms with Gasteiger partial charge in [-0.05, 0) is 30.2 Å². The van der Waals surface area contributed by atoms with E-state index >= 15 is 0 Å². The smallest absolute Gasteiger partial charge is 0.224 e. The van der Waals surface area contributed by atoms with Crippen LogP contribution in [0.3, 0.4) is 0 Å². The van der Waals surface area contributed by atoms with Gasteiger partial charge in [0.25, 0.3) is 0 Å². The lowest BCUT2D eigenvalue weighted by molar-refractivity contribution is -0.121. The fourth-order valence-electron chi connectivity index (χ4n) is 2.19. The van der Waals surface area contributed by atoms with E-state index in [-0.39, 0.29) is 11.9 Å². The minimum Gasteiger partial charge on any atom is -0.497 e. The molecule has 0 radical (unpaired) electrons. The summed E-state index contributed by atoms with van der Waals surface area (Å²) < 4.78 is 5.09. The molecule has 1 amide bonds. The van der Waals surface area contributed by atoms with Crippen molar-refractivity contribution in [3.05, 3.63) is 29.8 Å². The molecule has 1 saturated heterocycles. The summed E-state index contributed by atoms with van der Waals surface area (Å²) in [7, 11) is 1.64. The number of hydrogen-bond donors (Lipinski definition) is 2. The van der Waals surface area contributed by atoms with Gasteiger partial charge in [0, 0.05) is 12.6 Å². The van der Waals surface area contributed by atoms with Gasteiger partial charge >= 0.3 is 0 Å². The third-order valence-corrected chi connectivity index (χ3v) is 3.39. The van der Waals surface area contributed by atoms with Crippen LogP contribution in [0.4, 0.5) is 0 Å². The maximum atomic E-state index is 11.9. The van der Waals surface area contributed by atoms with E-state index in [1.54, 1.807) is 7.11 Å². The molecular formula is C14H20N2O2. The SMILES string of the molecule is COc1ccc(CC(=O)NC2CNCC2C)cc1. The Morgan fingerprint density at radius 2 is 2.11 bits per heavy atom. The molecular weight excluding hydrogens is 228 g/mol. The third-order valence-electron chi connectivity index (χ3n) is 3.39. The Hall–Kier alpha value is -1.55. The number of carbonyl (C=O) groups is 1. The molecule has 0 bridgehead atoms. The Morgan fingerprint density at radius 3 is 2.67 bits per heavy atom. The normalized spacial score (nSPS) is 22.8. The van der Waals surface area contributed by atoms with E-state index in [1.165, 1.54) is 0 Å². The molecule has 1 heterocycles. The van der Waals surface area contributed by atoms with Crippen LogP contribution in [0.1, 0.15) is 12.5 Å². The van der Waals surface area contributed by atoms with Crippen molar-refractivity contribution in [2.45, 2.75) is 19.4 Å². The van der Waals surface area contributed by atoms with Crippen LogP contribution in [0.15, 0.2) is 24.3 Å². The molecule has 1 aliphatic rings. The van der Waals surface area contributed by atoms with Gasteiger partial charge in [-0.3, -0.25) is 4.79 Å². The van der Waals surface area contributed by atoms with Gasteiger partial charge in [-0.1, -0.05) is 19.1 Å². The van der Waals surface area contributed by atoms with Crippen molar-refractivity contribution >= 4 is 5.91 Å². The molecule has 0 saturated carbocycles. The topological polar surface area (TPSA) is 50.4 Å². The number of ether oxygens (including phenoxy) is 1. The van der Waals surface area contributed by atoms with Crippen LogP contribution >= 0.6 is 0 Å². The molecule has 98 valence electrons. The van der Waals surface area contributed by atoms with Gasteiger partial charge in [0.15, 0.2) is 0 Å². The molecule has 18 heavy (non-hydrogen) atoms. The zero-order chi connectivity index (χ0) is 13.0. The lowest BCUT2D eigenvalue weighted by atomic mass is 10.1.